The molecule has 3 rings (SSSR count). The number of carbonyl (C=O) groups excluding carboxylic acids is 3. The summed E-state index contributed by atoms with van der Waals surface area (Å²) in [6.45, 7) is -0.537. The minimum Gasteiger partial charge on any atom is -0.324 e. The van der Waals surface area contributed by atoms with Gasteiger partial charge in [-0.3, -0.25) is 19.3 Å². The Bertz CT molecular complexity index is 1060. The fraction of sp³-hybridized carbons (Fsp3) is 0.118. The minimum atomic E-state index is -3.44. The Morgan fingerprint density at radius 3 is 2.11 bits per heavy atom. The van der Waals surface area contributed by atoms with E-state index in [0.29, 0.717) is 0 Å². The van der Waals surface area contributed by atoms with Gasteiger partial charge in [-0.15, -0.1) is 0 Å². The first-order valence-corrected chi connectivity index (χ1v) is 10.2. The Kier molecular flexibility index (Phi) is 4.98. The molecule has 2 aromatic carbocycles. The lowest BCUT2D eigenvalue weighted by atomic mass is 10.1. The predicted molar refractivity (Wildman–Crippen MR) is 100 cm³/mol. The van der Waals surface area contributed by atoms with E-state index in [-0.39, 0.29) is 31.8 Å². The number of nitrogens with one attached hydrogen (secondary N) is 1. The fourth-order valence-electron chi connectivity index (χ4n) is 2.58. The molecule has 3 amide bonds. The lowest BCUT2D eigenvalue weighted by Gasteiger charge is -2.14. The SMILES string of the molecule is CS(=O)(=O)c1cccc(NC(=O)CN2C(=O)c3cc(Cl)c(Cl)cc3C2=O)c1. The van der Waals surface area contributed by atoms with Crippen molar-refractivity contribution in [1.82, 2.24) is 4.90 Å². The molecule has 0 saturated carbocycles. The Morgan fingerprint density at radius 2 is 1.59 bits per heavy atom. The average molecular weight is 427 g/mol. The fourth-order valence-corrected chi connectivity index (χ4v) is 3.57. The van der Waals surface area contributed by atoms with Gasteiger partial charge in [-0.1, -0.05) is 29.3 Å². The Balaban J connectivity index is 1.78. The summed E-state index contributed by atoms with van der Waals surface area (Å²) >= 11 is 11.8. The van der Waals surface area contributed by atoms with Crippen LogP contribution in [0.2, 0.25) is 10.0 Å². The first-order chi connectivity index (χ1) is 12.6. The summed E-state index contributed by atoms with van der Waals surface area (Å²) in [5, 5.41) is 2.72. The molecule has 0 aliphatic carbocycles. The van der Waals surface area contributed by atoms with Gasteiger partial charge in [0.15, 0.2) is 9.84 Å². The highest BCUT2D eigenvalue weighted by Crippen LogP contribution is 2.31. The first-order valence-electron chi connectivity index (χ1n) is 7.53. The van der Waals surface area contributed by atoms with Gasteiger partial charge in [0.25, 0.3) is 11.8 Å². The van der Waals surface area contributed by atoms with Crippen LogP contribution in [-0.4, -0.2) is 43.8 Å². The van der Waals surface area contributed by atoms with Gasteiger partial charge >= 0.3 is 0 Å². The number of hydrogen-bond acceptors (Lipinski definition) is 5. The number of amides is 3. The van der Waals surface area contributed by atoms with Crippen molar-refractivity contribution in [2.45, 2.75) is 4.90 Å². The van der Waals surface area contributed by atoms with Crippen LogP contribution in [0, 0.1) is 0 Å². The van der Waals surface area contributed by atoms with Crippen LogP contribution in [0.25, 0.3) is 0 Å². The van der Waals surface area contributed by atoms with E-state index in [9.17, 15) is 22.8 Å². The average Bonchev–Trinajstić information content (AvgIpc) is 2.80. The molecule has 140 valence electrons. The van der Waals surface area contributed by atoms with Crippen LogP contribution < -0.4 is 5.32 Å². The number of imide groups is 1. The Hall–Kier alpha value is -2.42. The number of rotatable bonds is 4. The number of halogens is 2. The molecule has 1 aliphatic heterocycles. The molecule has 2 aromatic rings. The molecule has 1 N–H and O–H groups in total. The third-order valence-corrected chi connectivity index (χ3v) is 5.69. The standard InChI is InChI=1S/C17H12Cl2N2O5S/c1-27(25,26)10-4-2-3-9(5-10)20-15(22)8-21-16(23)11-6-13(18)14(19)7-12(11)17(21)24/h2-7H,8H2,1H3,(H,20,22). The maximum atomic E-state index is 12.4. The Morgan fingerprint density at radius 1 is 1.04 bits per heavy atom. The van der Waals surface area contributed by atoms with Crippen LogP contribution in [0.5, 0.6) is 0 Å². The molecule has 0 atom stereocenters. The van der Waals surface area contributed by atoms with E-state index in [2.05, 4.69) is 5.32 Å². The number of anilines is 1. The van der Waals surface area contributed by atoms with Gasteiger partial charge in [-0.05, 0) is 30.3 Å². The topological polar surface area (TPSA) is 101 Å². The van der Waals surface area contributed by atoms with Crippen molar-refractivity contribution < 1.29 is 22.8 Å². The third kappa shape index (κ3) is 3.83. The van der Waals surface area contributed by atoms with Gasteiger partial charge in [0, 0.05) is 11.9 Å². The molecule has 0 aromatic heterocycles. The van der Waals surface area contributed by atoms with Gasteiger partial charge < -0.3 is 5.32 Å². The first kappa shape index (κ1) is 19.3. The van der Waals surface area contributed by atoms with E-state index in [1.54, 1.807) is 0 Å². The van der Waals surface area contributed by atoms with E-state index in [1.807, 2.05) is 0 Å². The monoisotopic (exact) mass is 426 g/mol. The highest BCUT2D eigenvalue weighted by Gasteiger charge is 2.37. The molecule has 7 nitrogen and oxygen atoms in total. The summed E-state index contributed by atoms with van der Waals surface area (Å²) in [5.74, 6) is -1.98. The molecule has 0 saturated heterocycles. The lowest BCUT2D eigenvalue weighted by molar-refractivity contribution is -0.116. The summed E-state index contributed by atoms with van der Waals surface area (Å²) in [6, 6.07) is 8.21. The van der Waals surface area contributed by atoms with Crippen molar-refractivity contribution in [3.63, 3.8) is 0 Å². The van der Waals surface area contributed by atoms with Crippen LogP contribution in [-0.2, 0) is 14.6 Å². The second-order valence-corrected chi connectivity index (χ2v) is 8.69. The second-order valence-electron chi connectivity index (χ2n) is 5.86. The van der Waals surface area contributed by atoms with Gasteiger partial charge in [-0.2, -0.15) is 0 Å². The van der Waals surface area contributed by atoms with Crippen LogP contribution in [0.4, 0.5) is 5.69 Å². The third-order valence-electron chi connectivity index (χ3n) is 3.86. The van der Waals surface area contributed by atoms with Crippen molar-refractivity contribution in [2.75, 3.05) is 18.1 Å². The quantitative estimate of drug-likeness (QED) is 0.757. The summed E-state index contributed by atoms with van der Waals surface area (Å²) < 4.78 is 23.2. The van der Waals surface area contributed by atoms with E-state index in [4.69, 9.17) is 23.2 Å². The number of hydrogen-bond donors (Lipinski definition) is 1. The summed E-state index contributed by atoms with van der Waals surface area (Å²) in [5.41, 5.74) is 0.369. The largest absolute Gasteiger partial charge is 0.324 e. The number of benzene rings is 2. The normalized spacial score (nSPS) is 13.7. The van der Waals surface area contributed by atoms with Crippen LogP contribution in [0.1, 0.15) is 20.7 Å². The van der Waals surface area contributed by atoms with Crippen molar-refractivity contribution in [3.8, 4) is 0 Å². The smallest absolute Gasteiger partial charge is 0.262 e. The molecule has 0 spiro atoms. The zero-order valence-corrected chi connectivity index (χ0v) is 16.2. The molecule has 0 unspecified atom stereocenters. The predicted octanol–water partition coefficient (Wildman–Crippen LogP) is 2.63. The van der Waals surface area contributed by atoms with E-state index in [0.717, 1.165) is 11.2 Å². The zero-order chi connectivity index (χ0) is 19.9. The zero-order valence-electron chi connectivity index (χ0n) is 13.8. The summed E-state index contributed by atoms with van der Waals surface area (Å²) in [7, 11) is -3.44. The second kappa shape index (κ2) is 6.95. The van der Waals surface area contributed by atoms with E-state index in [1.165, 1.54) is 36.4 Å². The lowest BCUT2D eigenvalue weighted by Crippen LogP contribution is -2.37. The number of fused-ring (bicyclic) bond motifs is 1. The molecule has 10 heteroatoms. The van der Waals surface area contributed by atoms with Gasteiger partial charge in [0.2, 0.25) is 5.91 Å². The molecule has 27 heavy (non-hydrogen) atoms. The van der Waals surface area contributed by atoms with Crippen LogP contribution >= 0.6 is 23.2 Å². The van der Waals surface area contributed by atoms with Crippen molar-refractivity contribution in [1.29, 1.82) is 0 Å². The summed E-state index contributed by atoms with van der Waals surface area (Å²) in [4.78, 5) is 37.8. The minimum absolute atomic E-state index is 0.0327. The molecular weight excluding hydrogens is 415 g/mol. The van der Waals surface area contributed by atoms with Gasteiger partial charge in [0.05, 0.1) is 26.1 Å². The van der Waals surface area contributed by atoms with Crippen molar-refractivity contribution in [3.05, 3.63) is 57.6 Å². The number of nitrogens with zero attached hydrogens (tertiary/aromatic N) is 1. The van der Waals surface area contributed by atoms with Gasteiger partial charge in [-0.25, -0.2) is 8.42 Å². The molecular formula is C17H12Cl2N2O5S. The van der Waals surface area contributed by atoms with Crippen molar-refractivity contribution >= 4 is 56.4 Å². The van der Waals surface area contributed by atoms with Crippen LogP contribution in [0.3, 0.4) is 0 Å². The summed E-state index contributed by atoms with van der Waals surface area (Å²) in [6.07, 6.45) is 1.04. The highest BCUT2D eigenvalue weighted by atomic mass is 35.5. The van der Waals surface area contributed by atoms with Crippen LogP contribution in [0.15, 0.2) is 41.3 Å². The Labute approximate surface area is 164 Å². The molecule has 0 radical (unpaired) electrons. The molecule has 0 bridgehead atoms. The molecule has 0 fully saturated rings. The van der Waals surface area contributed by atoms with Crippen molar-refractivity contribution in [2.24, 2.45) is 0 Å². The van der Waals surface area contributed by atoms with E-state index >= 15 is 0 Å². The maximum absolute atomic E-state index is 12.4. The van der Waals surface area contributed by atoms with Gasteiger partial charge in [0.1, 0.15) is 6.54 Å². The number of carbonyl (C=O) groups is 3. The number of sulfone groups is 1. The molecule has 1 heterocycles. The highest BCUT2D eigenvalue weighted by molar-refractivity contribution is 7.90. The molecule has 1 aliphatic rings. The maximum Gasteiger partial charge on any atom is 0.262 e. The van der Waals surface area contributed by atoms with E-state index < -0.39 is 34.1 Å².